The number of nitrogens with two attached hydrogens (primary N) is 1. The van der Waals surface area contributed by atoms with Crippen LogP contribution in [0.25, 0.3) is 0 Å². The lowest BCUT2D eigenvalue weighted by atomic mass is 10.1. The van der Waals surface area contributed by atoms with Gasteiger partial charge in [0.2, 0.25) is 0 Å². The SMILES string of the molecule is COc1ccc(Cl)c(CC(N)CO)c1. The van der Waals surface area contributed by atoms with Crippen LogP contribution in [-0.4, -0.2) is 24.9 Å². The number of hydrogen-bond donors (Lipinski definition) is 2. The number of rotatable bonds is 4. The highest BCUT2D eigenvalue weighted by molar-refractivity contribution is 6.31. The molecule has 1 aromatic carbocycles. The number of aliphatic hydroxyl groups is 1. The van der Waals surface area contributed by atoms with Gasteiger partial charge in [-0.05, 0) is 30.2 Å². The molecule has 0 spiro atoms. The summed E-state index contributed by atoms with van der Waals surface area (Å²) in [5.41, 5.74) is 6.51. The largest absolute Gasteiger partial charge is 0.497 e. The minimum atomic E-state index is -0.278. The van der Waals surface area contributed by atoms with E-state index in [0.717, 1.165) is 11.3 Å². The molecule has 0 heterocycles. The van der Waals surface area contributed by atoms with Gasteiger partial charge < -0.3 is 15.6 Å². The van der Waals surface area contributed by atoms with Gasteiger partial charge in [0, 0.05) is 11.1 Å². The van der Waals surface area contributed by atoms with E-state index in [9.17, 15) is 0 Å². The van der Waals surface area contributed by atoms with E-state index in [1.165, 1.54) is 0 Å². The van der Waals surface area contributed by atoms with Crippen LogP contribution in [0.1, 0.15) is 5.56 Å². The maximum absolute atomic E-state index is 8.81. The summed E-state index contributed by atoms with van der Waals surface area (Å²) >= 11 is 5.96. The molecule has 0 bridgehead atoms. The average Bonchev–Trinajstić information content (AvgIpc) is 2.21. The van der Waals surface area contributed by atoms with Crippen LogP contribution < -0.4 is 10.5 Å². The van der Waals surface area contributed by atoms with E-state index in [-0.39, 0.29) is 12.6 Å². The minimum absolute atomic E-state index is 0.0481. The Hall–Kier alpha value is -0.770. The molecule has 0 aliphatic heterocycles. The predicted molar refractivity (Wildman–Crippen MR) is 56.8 cm³/mol. The Morgan fingerprint density at radius 1 is 1.57 bits per heavy atom. The summed E-state index contributed by atoms with van der Waals surface area (Å²) in [5, 5.41) is 9.46. The monoisotopic (exact) mass is 215 g/mol. The summed E-state index contributed by atoms with van der Waals surface area (Å²) in [6.45, 7) is -0.0481. The lowest BCUT2D eigenvalue weighted by molar-refractivity contribution is 0.265. The molecular formula is C10H14ClNO2. The number of hydrogen-bond acceptors (Lipinski definition) is 3. The number of methoxy groups -OCH3 is 1. The lowest BCUT2D eigenvalue weighted by Crippen LogP contribution is -2.26. The standard InChI is InChI=1S/C10H14ClNO2/c1-14-9-2-3-10(11)7(5-9)4-8(12)6-13/h2-3,5,8,13H,4,6,12H2,1H3. The van der Waals surface area contributed by atoms with E-state index in [1.807, 2.05) is 6.07 Å². The molecule has 0 aromatic heterocycles. The van der Waals surface area contributed by atoms with Gasteiger partial charge >= 0.3 is 0 Å². The molecule has 0 aliphatic carbocycles. The van der Waals surface area contributed by atoms with E-state index in [4.69, 9.17) is 27.2 Å². The summed E-state index contributed by atoms with van der Waals surface area (Å²) in [7, 11) is 1.60. The third kappa shape index (κ3) is 2.87. The van der Waals surface area contributed by atoms with E-state index in [1.54, 1.807) is 19.2 Å². The van der Waals surface area contributed by atoms with Crippen LogP contribution in [-0.2, 0) is 6.42 Å². The highest BCUT2D eigenvalue weighted by atomic mass is 35.5. The molecular weight excluding hydrogens is 202 g/mol. The molecule has 4 heteroatoms. The molecule has 0 saturated carbocycles. The van der Waals surface area contributed by atoms with Crippen molar-refractivity contribution in [1.82, 2.24) is 0 Å². The molecule has 0 fully saturated rings. The Morgan fingerprint density at radius 3 is 2.86 bits per heavy atom. The zero-order valence-corrected chi connectivity index (χ0v) is 8.79. The molecule has 1 aromatic rings. The fraction of sp³-hybridized carbons (Fsp3) is 0.400. The topological polar surface area (TPSA) is 55.5 Å². The lowest BCUT2D eigenvalue weighted by Gasteiger charge is -2.10. The third-order valence-corrected chi connectivity index (χ3v) is 2.34. The second-order valence-electron chi connectivity index (χ2n) is 3.10. The van der Waals surface area contributed by atoms with Gasteiger partial charge in [0.05, 0.1) is 13.7 Å². The minimum Gasteiger partial charge on any atom is -0.497 e. The van der Waals surface area contributed by atoms with Gasteiger partial charge in [-0.1, -0.05) is 11.6 Å². The van der Waals surface area contributed by atoms with Crippen molar-refractivity contribution in [3.05, 3.63) is 28.8 Å². The van der Waals surface area contributed by atoms with Crippen molar-refractivity contribution in [3.63, 3.8) is 0 Å². The van der Waals surface area contributed by atoms with E-state index in [2.05, 4.69) is 0 Å². The van der Waals surface area contributed by atoms with Crippen molar-refractivity contribution in [3.8, 4) is 5.75 Å². The Bertz CT molecular complexity index is 304. The molecule has 0 amide bonds. The molecule has 1 unspecified atom stereocenters. The van der Waals surface area contributed by atoms with E-state index < -0.39 is 0 Å². The smallest absolute Gasteiger partial charge is 0.119 e. The van der Waals surface area contributed by atoms with Crippen LogP contribution in [0.3, 0.4) is 0 Å². The molecule has 14 heavy (non-hydrogen) atoms. The first-order valence-electron chi connectivity index (χ1n) is 4.36. The Labute approximate surface area is 88.4 Å². The molecule has 1 rings (SSSR count). The summed E-state index contributed by atoms with van der Waals surface area (Å²) in [6, 6.07) is 5.10. The van der Waals surface area contributed by atoms with Crippen molar-refractivity contribution >= 4 is 11.6 Å². The zero-order valence-electron chi connectivity index (χ0n) is 8.03. The van der Waals surface area contributed by atoms with Gasteiger partial charge in [-0.2, -0.15) is 0 Å². The second-order valence-corrected chi connectivity index (χ2v) is 3.51. The predicted octanol–water partition coefficient (Wildman–Crippen LogP) is 1.21. The van der Waals surface area contributed by atoms with Gasteiger partial charge in [-0.25, -0.2) is 0 Å². The Morgan fingerprint density at radius 2 is 2.29 bits per heavy atom. The van der Waals surface area contributed by atoms with Crippen LogP contribution >= 0.6 is 11.6 Å². The van der Waals surface area contributed by atoms with Crippen LogP contribution in [0.4, 0.5) is 0 Å². The summed E-state index contributed by atoms with van der Waals surface area (Å²) < 4.78 is 5.06. The van der Waals surface area contributed by atoms with Crippen LogP contribution in [0.2, 0.25) is 5.02 Å². The first kappa shape index (κ1) is 11.3. The first-order chi connectivity index (χ1) is 6.67. The number of halogens is 1. The van der Waals surface area contributed by atoms with E-state index in [0.29, 0.717) is 11.4 Å². The van der Waals surface area contributed by atoms with Crippen LogP contribution in [0.15, 0.2) is 18.2 Å². The van der Waals surface area contributed by atoms with Gasteiger partial charge in [0.25, 0.3) is 0 Å². The third-order valence-electron chi connectivity index (χ3n) is 1.97. The van der Waals surface area contributed by atoms with Gasteiger partial charge in [-0.15, -0.1) is 0 Å². The quantitative estimate of drug-likeness (QED) is 0.794. The second kappa shape index (κ2) is 5.20. The highest BCUT2D eigenvalue weighted by Crippen LogP contribution is 2.22. The maximum atomic E-state index is 8.81. The van der Waals surface area contributed by atoms with E-state index >= 15 is 0 Å². The number of ether oxygens (including phenoxy) is 1. The number of aliphatic hydroxyl groups excluding tert-OH is 1. The molecule has 0 aliphatic rings. The molecule has 3 nitrogen and oxygen atoms in total. The van der Waals surface area contributed by atoms with Crippen molar-refractivity contribution in [2.24, 2.45) is 5.73 Å². The van der Waals surface area contributed by atoms with Gasteiger partial charge in [0.15, 0.2) is 0 Å². The number of benzene rings is 1. The average molecular weight is 216 g/mol. The van der Waals surface area contributed by atoms with Gasteiger partial charge in [0.1, 0.15) is 5.75 Å². The van der Waals surface area contributed by atoms with Crippen molar-refractivity contribution in [2.45, 2.75) is 12.5 Å². The summed E-state index contributed by atoms with van der Waals surface area (Å²) in [6.07, 6.45) is 0.548. The molecule has 0 saturated heterocycles. The van der Waals surface area contributed by atoms with Crippen molar-refractivity contribution in [2.75, 3.05) is 13.7 Å². The zero-order chi connectivity index (χ0) is 10.6. The van der Waals surface area contributed by atoms with Crippen molar-refractivity contribution in [1.29, 1.82) is 0 Å². The Kier molecular flexibility index (Phi) is 4.20. The fourth-order valence-corrected chi connectivity index (χ4v) is 1.38. The molecule has 1 atom stereocenters. The Balaban J connectivity index is 2.83. The molecule has 0 radical (unpaired) electrons. The van der Waals surface area contributed by atoms with Crippen molar-refractivity contribution < 1.29 is 9.84 Å². The fourth-order valence-electron chi connectivity index (χ4n) is 1.18. The summed E-state index contributed by atoms with van der Waals surface area (Å²) in [5.74, 6) is 0.745. The maximum Gasteiger partial charge on any atom is 0.119 e. The van der Waals surface area contributed by atoms with Crippen LogP contribution in [0.5, 0.6) is 5.75 Å². The highest BCUT2D eigenvalue weighted by Gasteiger charge is 2.07. The molecule has 3 N–H and O–H groups in total. The molecule has 78 valence electrons. The van der Waals surface area contributed by atoms with Crippen LogP contribution in [0, 0.1) is 0 Å². The van der Waals surface area contributed by atoms with Gasteiger partial charge in [-0.3, -0.25) is 0 Å². The summed E-state index contributed by atoms with van der Waals surface area (Å²) in [4.78, 5) is 0. The normalized spacial score (nSPS) is 12.6. The first-order valence-corrected chi connectivity index (χ1v) is 4.74.